The molecule has 1 fully saturated rings. The molecule has 0 radical (unpaired) electrons. The lowest BCUT2D eigenvalue weighted by Gasteiger charge is -2.38. The molecule has 18 heavy (non-hydrogen) atoms. The van der Waals surface area contributed by atoms with Crippen molar-refractivity contribution in [1.29, 1.82) is 0 Å². The first kappa shape index (κ1) is 12.8. The number of carboxylic acid groups (broad SMARTS) is 1. The van der Waals surface area contributed by atoms with Crippen LogP contribution >= 0.6 is 0 Å². The van der Waals surface area contributed by atoms with Gasteiger partial charge in [-0.15, -0.1) is 0 Å². The third-order valence-corrected chi connectivity index (χ3v) is 3.43. The van der Waals surface area contributed by atoms with E-state index in [1.165, 1.54) is 0 Å². The average molecular weight is 249 g/mol. The lowest BCUT2D eigenvalue weighted by Crippen LogP contribution is -2.52. The molecule has 1 aliphatic carbocycles. The Morgan fingerprint density at radius 3 is 2.56 bits per heavy atom. The predicted octanol–water partition coefficient (Wildman–Crippen LogP) is 2.33. The van der Waals surface area contributed by atoms with Crippen LogP contribution in [0.15, 0.2) is 6.07 Å². The van der Waals surface area contributed by atoms with E-state index in [4.69, 9.17) is 0 Å². The first-order valence-corrected chi connectivity index (χ1v) is 6.30. The third-order valence-electron chi connectivity index (χ3n) is 3.43. The summed E-state index contributed by atoms with van der Waals surface area (Å²) in [6.45, 7) is 6.01. The van der Waals surface area contributed by atoms with Crippen molar-refractivity contribution in [3.05, 3.63) is 17.5 Å². The van der Waals surface area contributed by atoms with E-state index in [2.05, 4.69) is 29.1 Å². The molecule has 1 aromatic rings. The maximum absolute atomic E-state index is 11.3. The molecule has 2 rings (SSSR count). The second-order valence-electron chi connectivity index (χ2n) is 5.28. The lowest BCUT2D eigenvalue weighted by atomic mass is 9.77. The number of nitrogens with zero attached hydrogens (tertiary/aromatic N) is 2. The van der Waals surface area contributed by atoms with Crippen molar-refractivity contribution in [2.24, 2.45) is 0 Å². The zero-order valence-corrected chi connectivity index (χ0v) is 11.0. The van der Waals surface area contributed by atoms with Gasteiger partial charge in [0.15, 0.2) is 0 Å². The molecular formula is C13H19N3O2. The summed E-state index contributed by atoms with van der Waals surface area (Å²) in [5.41, 5.74) is 0.933. The third kappa shape index (κ3) is 2.30. The van der Waals surface area contributed by atoms with Gasteiger partial charge in [0.05, 0.1) is 0 Å². The zero-order chi connectivity index (χ0) is 13.3. The van der Waals surface area contributed by atoms with Crippen molar-refractivity contribution in [1.82, 2.24) is 9.97 Å². The van der Waals surface area contributed by atoms with Crippen molar-refractivity contribution >= 4 is 11.9 Å². The van der Waals surface area contributed by atoms with Gasteiger partial charge in [-0.3, -0.25) is 0 Å². The van der Waals surface area contributed by atoms with E-state index in [9.17, 15) is 9.90 Å². The summed E-state index contributed by atoms with van der Waals surface area (Å²) < 4.78 is 0. The summed E-state index contributed by atoms with van der Waals surface area (Å²) in [6, 6.07) is 1.93. The molecule has 0 saturated heterocycles. The van der Waals surface area contributed by atoms with E-state index in [1.54, 1.807) is 0 Å². The summed E-state index contributed by atoms with van der Waals surface area (Å²) in [4.78, 5) is 20.0. The molecule has 0 unspecified atom stereocenters. The van der Waals surface area contributed by atoms with Gasteiger partial charge >= 0.3 is 5.97 Å². The normalized spacial score (nSPS) is 17.3. The molecule has 0 spiro atoms. The molecule has 0 aromatic carbocycles. The van der Waals surface area contributed by atoms with Crippen molar-refractivity contribution in [2.45, 2.75) is 51.5 Å². The van der Waals surface area contributed by atoms with Gasteiger partial charge in [-0.1, -0.05) is 13.8 Å². The average Bonchev–Trinajstić information content (AvgIpc) is 2.22. The number of hydrogen-bond donors (Lipinski definition) is 2. The van der Waals surface area contributed by atoms with Crippen LogP contribution in [-0.2, 0) is 4.79 Å². The van der Waals surface area contributed by atoms with Gasteiger partial charge in [-0.25, -0.2) is 14.8 Å². The number of anilines is 1. The summed E-state index contributed by atoms with van der Waals surface area (Å²) >= 11 is 0. The molecule has 1 heterocycles. The van der Waals surface area contributed by atoms with Gasteiger partial charge in [0.2, 0.25) is 5.95 Å². The van der Waals surface area contributed by atoms with E-state index in [-0.39, 0.29) is 0 Å². The fourth-order valence-electron chi connectivity index (χ4n) is 2.08. The van der Waals surface area contributed by atoms with Crippen LogP contribution in [0.1, 0.15) is 50.4 Å². The smallest absolute Gasteiger partial charge is 0.329 e. The van der Waals surface area contributed by atoms with Gasteiger partial charge in [0.1, 0.15) is 5.54 Å². The minimum absolute atomic E-state index is 0.300. The summed E-state index contributed by atoms with van der Waals surface area (Å²) in [6.07, 6.45) is 2.20. The Kier molecular flexibility index (Phi) is 3.24. The highest BCUT2D eigenvalue weighted by Crippen LogP contribution is 2.35. The van der Waals surface area contributed by atoms with Gasteiger partial charge in [0, 0.05) is 11.4 Å². The number of aliphatic carboxylic acids is 1. The van der Waals surface area contributed by atoms with Crippen LogP contribution < -0.4 is 5.32 Å². The second kappa shape index (κ2) is 4.55. The maximum Gasteiger partial charge on any atom is 0.329 e. The van der Waals surface area contributed by atoms with Crippen LogP contribution in [-0.4, -0.2) is 26.6 Å². The monoisotopic (exact) mass is 249 g/mol. The zero-order valence-electron chi connectivity index (χ0n) is 11.0. The molecule has 0 atom stereocenters. The number of rotatable bonds is 4. The maximum atomic E-state index is 11.3. The summed E-state index contributed by atoms with van der Waals surface area (Å²) in [7, 11) is 0. The van der Waals surface area contributed by atoms with E-state index in [0.29, 0.717) is 24.7 Å². The van der Waals surface area contributed by atoms with Gasteiger partial charge in [0.25, 0.3) is 0 Å². The van der Waals surface area contributed by atoms with Crippen molar-refractivity contribution in [2.75, 3.05) is 5.32 Å². The number of aromatic nitrogens is 2. The van der Waals surface area contributed by atoms with Crippen LogP contribution in [0, 0.1) is 6.92 Å². The highest BCUT2D eigenvalue weighted by atomic mass is 16.4. The molecule has 1 aliphatic rings. The molecule has 98 valence electrons. The lowest BCUT2D eigenvalue weighted by molar-refractivity contribution is -0.145. The number of carbonyl (C=O) groups is 1. The van der Waals surface area contributed by atoms with Gasteiger partial charge in [-0.2, -0.15) is 0 Å². The summed E-state index contributed by atoms with van der Waals surface area (Å²) in [5, 5.41) is 12.3. The number of hydrogen-bond acceptors (Lipinski definition) is 4. The van der Waals surface area contributed by atoms with Crippen molar-refractivity contribution in [3.8, 4) is 0 Å². The first-order valence-electron chi connectivity index (χ1n) is 6.30. The van der Waals surface area contributed by atoms with Crippen LogP contribution in [0.2, 0.25) is 0 Å². The molecular weight excluding hydrogens is 230 g/mol. The van der Waals surface area contributed by atoms with E-state index < -0.39 is 11.5 Å². The van der Waals surface area contributed by atoms with Crippen LogP contribution in [0.25, 0.3) is 0 Å². The Morgan fingerprint density at radius 2 is 2.11 bits per heavy atom. The molecule has 1 aromatic heterocycles. The Balaban J connectivity index is 2.26. The molecule has 1 saturated carbocycles. The Hall–Kier alpha value is -1.65. The summed E-state index contributed by atoms with van der Waals surface area (Å²) in [5.74, 6) is -0.0832. The Labute approximate surface area is 107 Å². The van der Waals surface area contributed by atoms with Crippen LogP contribution in [0.5, 0.6) is 0 Å². The largest absolute Gasteiger partial charge is 0.480 e. The minimum atomic E-state index is -0.859. The van der Waals surface area contributed by atoms with Gasteiger partial charge in [-0.05, 0) is 38.2 Å². The predicted molar refractivity (Wildman–Crippen MR) is 68.7 cm³/mol. The quantitative estimate of drug-likeness (QED) is 0.856. The first-order chi connectivity index (χ1) is 8.43. The van der Waals surface area contributed by atoms with E-state index in [0.717, 1.165) is 17.8 Å². The fourth-order valence-corrected chi connectivity index (χ4v) is 2.08. The van der Waals surface area contributed by atoms with E-state index >= 15 is 0 Å². The molecule has 5 nitrogen and oxygen atoms in total. The molecule has 0 aliphatic heterocycles. The highest BCUT2D eigenvalue weighted by molar-refractivity contribution is 5.83. The van der Waals surface area contributed by atoms with Gasteiger partial charge < -0.3 is 10.4 Å². The standard InChI is InChI=1S/C13H19N3O2/c1-8(2)10-7-9(3)14-12(15-10)16-13(11(17)18)5-4-6-13/h7-8H,4-6H2,1-3H3,(H,17,18)(H,14,15,16). The van der Waals surface area contributed by atoms with E-state index in [1.807, 2.05) is 13.0 Å². The molecule has 2 N–H and O–H groups in total. The van der Waals surface area contributed by atoms with Crippen molar-refractivity contribution < 1.29 is 9.90 Å². The fraction of sp³-hybridized carbons (Fsp3) is 0.615. The Bertz CT molecular complexity index is 467. The number of carboxylic acids is 1. The number of nitrogens with one attached hydrogen (secondary N) is 1. The van der Waals surface area contributed by atoms with Crippen molar-refractivity contribution in [3.63, 3.8) is 0 Å². The topological polar surface area (TPSA) is 75.1 Å². The molecule has 0 amide bonds. The molecule has 0 bridgehead atoms. The second-order valence-corrected chi connectivity index (χ2v) is 5.28. The van der Waals surface area contributed by atoms with Crippen LogP contribution in [0.3, 0.4) is 0 Å². The number of aryl methyl sites for hydroxylation is 1. The SMILES string of the molecule is Cc1cc(C(C)C)nc(NC2(C(=O)O)CCC2)n1. The Morgan fingerprint density at radius 1 is 1.44 bits per heavy atom. The van der Waals surface area contributed by atoms with Crippen LogP contribution in [0.4, 0.5) is 5.95 Å². The minimum Gasteiger partial charge on any atom is -0.480 e. The highest BCUT2D eigenvalue weighted by Gasteiger charge is 2.45. The molecule has 5 heteroatoms.